The summed E-state index contributed by atoms with van der Waals surface area (Å²) in [6, 6.07) is 9.12. The first-order chi connectivity index (χ1) is 13.4. The lowest BCUT2D eigenvalue weighted by Gasteiger charge is -2.33. The van der Waals surface area contributed by atoms with Crippen molar-refractivity contribution in [2.45, 2.75) is 19.0 Å². The first-order valence-electron chi connectivity index (χ1n) is 9.14. The van der Waals surface area contributed by atoms with E-state index in [1.165, 1.54) is 12.2 Å². The molecule has 0 aromatic heterocycles. The van der Waals surface area contributed by atoms with Crippen LogP contribution in [-0.4, -0.2) is 44.2 Å². The van der Waals surface area contributed by atoms with Gasteiger partial charge in [0.1, 0.15) is 5.84 Å². The van der Waals surface area contributed by atoms with Crippen molar-refractivity contribution in [1.82, 2.24) is 9.62 Å². The molecule has 0 radical (unpaired) electrons. The summed E-state index contributed by atoms with van der Waals surface area (Å²) in [5, 5.41) is 8.71. The highest BCUT2D eigenvalue weighted by atomic mass is 32.2. The van der Waals surface area contributed by atoms with Crippen LogP contribution in [0.1, 0.15) is 18.4 Å². The lowest BCUT2D eigenvalue weighted by molar-refractivity contribution is -0.119. The van der Waals surface area contributed by atoms with Gasteiger partial charge in [0.05, 0.1) is 17.7 Å². The minimum absolute atomic E-state index is 0.107. The van der Waals surface area contributed by atoms with Crippen LogP contribution in [0, 0.1) is 11.3 Å². The highest BCUT2D eigenvalue weighted by molar-refractivity contribution is 7.92. The number of nitrogens with zero attached hydrogens (tertiary/aromatic N) is 1. The standard InChI is InChI=1S/C20H24N4O3S/c21-19(22)16-9-6-10-17(18(16)25)20(24-12-4-5-13-24)23-28(26,27)14-11-15-7-2-1-3-8-15/h1-3,6-11,14,17,20,23H,4-5,12-13H2,(H3,21,22)/t17-,20?/m1/s1. The Morgan fingerprint density at radius 3 is 2.57 bits per heavy atom. The number of sulfonamides is 1. The molecule has 3 rings (SSSR count). The maximum Gasteiger partial charge on any atom is 0.235 e. The third-order valence-corrected chi connectivity index (χ3v) is 5.90. The van der Waals surface area contributed by atoms with Crippen molar-refractivity contribution in [3.63, 3.8) is 0 Å². The summed E-state index contributed by atoms with van der Waals surface area (Å²) in [6.45, 7) is 1.40. The molecule has 1 aromatic carbocycles. The number of carbonyl (C=O) groups excluding carboxylic acids is 1. The SMILES string of the molecule is N=C(N)C1=CC=C[C@@H](C(NS(=O)(=O)C=Cc2ccccc2)N2CCCC2)C1=O. The molecule has 2 atom stereocenters. The van der Waals surface area contributed by atoms with E-state index in [0.717, 1.165) is 23.8 Å². The number of likely N-dealkylation sites (tertiary alicyclic amines) is 1. The van der Waals surface area contributed by atoms with Gasteiger partial charge in [-0.05, 0) is 43.6 Å². The van der Waals surface area contributed by atoms with Crippen LogP contribution in [0.25, 0.3) is 6.08 Å². The lowest BCUT2D eigenvalue weighted by atomic mass is 9.89. The van der Waals surface area contributed by atoms with Crippen molar-refractivity contribution in [2.75, 3.05) is 13.1 Å². The van der Waals surface area contributed by atoms with Crippen LogP contribution in [0.15, 0.2) is 59.5 Å². The summed E-state index contributed by atoms with van der Waals surface area (Å²) in [7, 11) is -3.79. The topological polar surface area (TPSA) is 116 Å². The van der Waals surface area contributed by atoms with E-state index < -0.39 is 22.1 Å². The first-order valence-corrected chi connectivity index (χ1v) is 10.7. The third-order valence-electron chi connectivity index (χ3n) is 4.84. The molecule has 0 amide bonds. The van der Waals surface area contributed by atoms with Gasteiger partial charge in [-0.1, -0.05) is 42.5 Å². The van der Waals surface area contributed by atoms with Crippen molar-refractivity contribution in [3.8, 4) is 0 Å². The van der Waals surface area contributed by atoms with E-state index in [2.05, 4.69) is 4.72 Å². The maximum absolute atomic E-state index is 12.8. The van der Waals surface area contributed by atoms with Crippen molar-refractivity contribution in [2.24, 2.45) is 11.7 Å². The zero-order chi connectivity index (χ0) is 20.1. The molecule has 1 aliphatic heterocycles. The smallest absolute Gasteiger partial charge is 0.235 e. The predicted molar refractivity (Wildman–Crippen MR) is 110 cm³/mol. The van der Waals surface area contributed by atoms with Crippen molar-refractivity contribution < 1.29 is 13.2 Å². The molecule has 28 heavy (non-hydrogen) atoms. The average molecular weight is 401 g/mol. The number of amidine groups is 1. The van der Waals surface area contributed by atoms with Crippen LogP contribution >= 0.6 is 0 Å². The van der Waals surface area contributed by atoms with E-state index in [-0.39, 0.29) is 17.2 Å². The van der Waals surface area contributed by atoms with Gasteiger partial charge in [-0.15, -0.1) is 0 Å². The fourth-order valence-electron chi connectivity index (χ4n) is 3.43. The van der Waals surface area contributed by atoms with E-state index in [9.17, 15) is 13.2 Å². The molecule has 1 aromatic rings. The van der Waals surface area contributed by atoms with Crippen LogP contribution in [0.5, 0.6) is 0 Å². The Bertz CT molecular complexity index is 929. The fourth-order valence-corrected chi connectivity index (χ4v) is 4.47. The number of Topliss-reactive ketones (excluding diaryl/α,β-unsaturated/α-hetero) is 1. The number of hydrogen-bond donors (Lipinski definition) is 3. The van der Waals surface area contributed by atoms with Crippen LogP contribution in [0.2, 0.25) is 0 Å². The van der Waals surface area contributed by atoms with Crippen LogP contribution < -0.4 is 10.5 Å². The summed E-state index contributed by atoms with van der Waals surface area (Å²) in [5.74, 6) is -1.39. The molecular weight excluding hydrogens is 376 g/mol. The van der Waals surface area contributed by atoms with Gasteiger partial charge in [0.25, 0.3) is 0 Å². The normalized spacial score (nSPS) is 21.8. The van der Waals surface area contributed by atoms with E-state index in [1.54, 1.807) is 24.3 Å². The Morgan fingerprint density at radius 2 is 1.93 bits per heavy atom. The maximum atomic E-state index is 12.8. The zero-order valence-electron chi connectivity index (χ0n) is 15.4. The van der Waals surface area contributed by atoms with Crippen LogP contribution in [0.4, 0.5) is 0 Å². The molecule has 8 heteroatoms. The third kappa shape index (κ3) is 4.83. The molecule has 0 spiro atoms. The summed E-state index contributed by atoms with van der Waals surface area (Å²) in [5.41, 5.74) is 6.38. The monoisotopic (exact) mass is 400 g/mol. The minimum atomic E-state index is -3.79. The van der Waals surface area contributed by atoms with Crippen molar-refractivity contribution in [1.29, 1.82) is 5.41 Å². The summed E-state index contributed by atoms with van der Waals surface area (Å²) >= 11 is 0. The molecule has 0 saturated carbocycles. The average Bonchev–Trinajstić information content (AvgIpc) is 3.20. The highest BCUT2D eigenvalue weighted by Gasteiger charge is 2.37. The first kappa shape index (κ1) is 20.2. The number of nitrogens with one attached hydrogen (secondary N) is 2. The predicted octanol–water partition coefficient (Wildman–Crippen LogP) is 1.62. The Labute approximate surface area is 165 Å². The zero-order valence-corrected chi connectivity index (χ0v) is 16.2. The summed E-state index contributed by atoms with van der Waals surface area (Å²) in [6.07, 6.45) is 7.49. The Balaban J connectivity index is 1.84. The van der Waals surface area contributed by atoms with Gasteiger partial charge < -0.3 is 5.73 Å². The Hall–Kier alpha value is -2.55. The van der Waals surface area contributed by atoms with Crippen LogP contribution in [-0.2, 0) is 14.8 Å². The van der Waals surface area contributed by atoms with Gasteiger partial charge >= 0.3 is 0 Å². The van der Waals surface area contributed by atoms with Gasteiger partial charge in [-0.2, -0.15) is 4.72 Å². The van der Waals surface area contributed by atoms with Gasteiger partial charge in [0.2, 0.25) is 10.0 Å². The number of hydrogen-bond acceptors (Lipinski definition) is 5. The van der Waals surface area contributed by atoms with E-state index in [1.807, 2.05) is 23.1 Å². The quantitative estimate of drug-likeness (QED) is 0.475. The van der Waals surface area contributed by atoms with Crippen molar-refractivity contribution in [3.05, 3.63) is 65.1 Å². The molecule has 7 nitrogen and oxygen atoms in total. The number of allylic oxidation sites excluding steroid dienone is 2. The molecule has 1 aliphatic carbocycles. The van der Waals surface area contributed by atoms with Gasteiger partial charge in [0.15, 0.2) is 5.78 Å². The van der Waals surface area contributed by atoms with E-state index in [4.69, 9.17) is 11.1 Å². The molecule has 1 heterocycles. The highest BCUT2D eigenvalue weighted by Crippen LogP contribution is 2.24. The van der Waals surface area contributed by atoms with Crippen LogP contribution in [0.3, 0.4) is 0 Å². The van der Waals surface area contributed by atoms with Gasteiger partial charge in [-0.25, -0.2) is 8.42 Å². The molecule has 148 valence electrons. The summed E-state index contributed by atoms with van der Waals surface area (Å²) in [4.78, 5) is 14.8. The Morgan fingerprint density at radius 1 is 1.25 bits per heavy atom. The van der Waals surface area contributed by atoms with Crippen molar-refractivity contribution >= 4 is 27.7 Å². The summed E-state index contributed by atoms with van der Waals surface area (Å²) < 4.78 is 28.1. The number of benzene rings is 1. The molecule has 4 N–H and O–H groups in total. The molecule has 2 aliphatic rings. The van der Waals surface area contributed by atoms with Gasteiger partial charge in [-0.3, -0.25) is 15.1 Å². The molecule has 1 fully saturated rings. The number of ketones is 1. The number of nitrogens with two attached hydrogens (primary N) is 1. The largest absolute Gasteiger partial charge is 0.384 e. The second kappa shape index (κ2) is 8.64. The number of carbonyl (C=O) groups is 1. The Kier molecular flexibility index (Phi) is 6.23. The molecule has 0 bridgehead atoms. The second-order valence-corrected chi connectivity index (χ2v) is 8.43. The fraction of sp³-hybridized carbons (Fsp3) is 0.300. The van der Waals surface area contributed by atoms with Gasteiger partial charge in [0, 0.05) is 5.41 Å². The van der Waals surface area contributed by atoms with E-state index in [0.29, 0.717) is 13.1 Å². The molecular formula is C20H24N4O3S. The molecule has 1 unspecified atom stereocenters. The lowest BCUT2D eigenvalue weighted by Crippen LogP contribution is -2.53. The second-order valence-electron chi connectivity index (χ2n) is 6.83. The van der Waals surface area contributed by atoms with E-state index >= 15 is 0 Å². The molecule has 1 saturated heterocycles. The minimum Gasteiger partial charge on any atom is -0.384 e. The number of rotatable bonds is 7.